The molecule has 0 fully saturated rings. The van der Waals surface area contributed by atoms with Crippen LogP contribution in [0, 0.1) is 0 Å². The van der Waals surface area contributed by atoms with Gasteiger partial charge in [-0.15, -0.1) is 0 Å². The maximum Gasteiger partial charge on any atom is 0.161 e. The molecule has 0 N–H and O–H groups in total. The number of anilines is 6. The molecule has 4 heteroatoms. The average molecular weight is 668 g/mol. The first kappa shape index (κ1) is 29.8. The molecule has 0 saturated heterocycles. The fourth-order valence-electron chi connectivity index (χ4n) is 7.77. The van der Waals surface area contributed by atoms with E-state index >= 15 is 0 Å². The molecule has 52 heavy (non-hydrogen) atoms. The van der Waals surface area contributed by atoms with E-state index in [1.165, 1.54) is 10.8 Å². The number of hydrogen-bond donors (Lipinski definition) is 0. The number of aromatic nitrogens is 1. The van der Waals surface area contributed by atoms with Gasteiger partial charge in [0.25, 0.3) is 0 Å². The van der Waals surface area contributed by atoms with Gasteiger partial charge in [-0.3, -0.25) is 0 Å². The van der Waals surface area contributed by atoms with E-state index in [4.69, 9.17) is 4.42 Å². The third kappa shape index (κ3) is 4.77. The van der Waals surface area contributed by atoms with E-state index in [2.05, 4.69) is 215 Å². The van der Waals surface area contributed by atoms with Gasteiger partial charge in [-0.2, -0.15) is 0 Å². The van der Waals surface area contributed by atoms with Crippen molar-refractivity contribution >= 4 is 77.9 Å². The third-order valence-corrected chi connectivity index (χ3v) is 9.94. The van der Waals surface area contributed by atoms with Crippen molar-refractivity contribution in [1.29, 1.82) is 0 Å². The van der Waals surface area contributed by atoms with Crippen LogP contribution in [0.25, 0.3) is 49.4 Å². The zero-order chi connectivity index (χ0) is 34.4. The van der Waals surface area contributed by atoms with E-state index in [1.807, 2.05) is 0 Å². The zero-order valence-electron chi connectivity index (χ0n) is 28.3. The lowest BCUT2D eigenvalue weighted by Gasteiger charge is -2.27. The molecule has 2 heterocycles. The van der Waals surface area contributed by atoms with E-state index in [0.29, 0.717) is 0 Å². The molecule has 246 valence electrons. The highest BCUT2D eigenvalue weighted by molar-refractivity contribution is 6.21. The number of benzene rings is 8. The van der Waals surface area contributed by atoms with Crippen molar-refractivity contribution in [3.63, 3.8) is 0 Å². The Morgan fingerprint density at radius 2 is 0.788 bits per heavy atom. The maximum absolute atomic E-state index is 7.15. The SMILES string of the molecule is c1ccc(N(c2ccccc2)c2ccc(-n3c4ccccc4c4ccccc43)c3c2oc2cccc(N(c4ccccc4)c4ccccc4)c23)cc1. The van der Waals surface area contributed by atoms with Gasteiger partial charge in [0.1, 0.15) is 5.58 Å². The van der Waals surface area contributed by atoms with E-state index in [9.17, 15) is 0 Å². The minimum atomic E-state index is 0.815. The first-order valence-corrected chi connectivity index (χ1v) is 17.6. The molecular formula is C48H33N3O. The van der Waals surface area contributed by atoms with Crippen LogP contribution in [0.3, 0.4) is 0 Å². The predicted octanol–water partition coefficient (Wildman–Crippen LogP) is 13.6. The molecule has 4 nitrogen and oxygen atoms in total. The van der Waals surface area contributed by atoms with E-state index in [-0.39, 0.29) is 0 Å². The molecule has 0 aliphatic carbocycles. The Morgan fingerprint density at radius 3 is 1.29 bits per heavy atom. The predicted molar refractivity (Wildman–Crippen MR) is 217 cm³/mol. The van der Waals surface area contributed by atoms with Crippen molar-refractivity contribution in [3.05, 3.63) is 200 Å². The minimum Gasteiger partial charge on any atom is -0.454 e. The largest absolute Gasteiger partial charge is 0.454 e. The van der Waals surface area contributed by atoms with Crippen LogP contribution < -0.4 is 9.80 Å². The van der Waals surface area contributed by atoms with Gasteiger partial charge >= 0.3 is 0 Å². The highest BCUT2D eigenvalue weighted by Crippen LogP contribution is 2.49. The second kappa shape index (κ2) is 12.4. The molecule has 0 bridgehead atoms. The van der Waals surface area contributed by atoms with Gasteiger partial charge in [-0.25, -0.2) is 0 Å². The summed E-state index contributed by atoms with van der Waals surface area (Å²) in [5.41, 5.74) is 11.2. The smallest absolute Gasteiger partial charge is 0.161 e. The Kier molecular flexibility index (Phi) is 7.10. The summed E-state index contributed by atoms with van der Waals surface area (Å²) in [6.07, 6.45) is 0. The molecule has 2 aromatic heterocycles. The summed E-state index contributed by atoms with van der Waals surface area (Å²) in [6.45, 7) is 0. The Bertz CT molecular complexity index is 2710. The summed E-state index contributed by atoms with van der Waals surface area (Å²) in [5.74, 6) is 0. The Hall–Kier alpha value is -7.04. The number of para-hydroxylation sites is 6. The Labute approximate surface area is 301 Å². The highest BCUT2D eigenvalue weighted by atomic mass is 16.3. The summed E-state index contributed by atoms with van der Waals surface area (Å²) in [6, 6.07) is 70.5. The van der Waals surface area contributed by atoms with Crippen LogP contribution in [0.5, 0.6) is 0 Å². The lowest BCUT2D eigenvalue weighted by Crippen LogP contribution is -2.11. The third-order valence-electron chi connectivity index (χ3n) is 9.94. The van der Waals surface area contributed by atoms with Crippen LogP contribution in [0.15, 0.2) is 205 Å². The van der Waals surface area contributed by atoms with Crippen molar-refractivity contribution in [2.24, 2.45) is 0 Å². The lowest BCUT2D eigenvalue weighted by molar-refractivity contribution is 0.669. The van der Waals surface area contributed by atoms with Gasteiger partial charge in [-0.1, -0.05) is 115 Å². The average Bonchev–Trinajstić information content (AvgIpc) is 3.77. The van der Waals surface area contributed by atoms with Gasteiger partial charge in [-0.05, 0) is 84.9 Å². The van der Waals surface area contributed by atoms with Crippen LogP contribution in [0.1, 0.15) is 0 Å². The Morgan fingerprint density at radius 1 is 0.346 bits per heavy atom. The van der Waals surface area contributed by atoms with E-state index in [1.54, 1.807) is 0 Å². The van der Waals surface area contributed by atoms with Crippen molar-refractivity contribution in [1.82, 2.24) is 4.57 Å². The molecule has 0 radical (unpaired) electrons. The zero-order valence-corrected chi connectivity index (χ0v) is 28.3. The summed E-state index contributed by atoms with van der Waals surface area (Å²) in [4.78, 5) is 4.64. The number of nitrogens with zero attached hydrogens (tertiary/aromatic N) is 3. The molecule has 10 rings (SSSR count). The van der Waals surface area contributed by atoms with E-state index < -0.39 is 0 Å². The lowest BCUT2D eigenvalue weighted by atomic mass is 10.0. The summed E-state index contributed by atoms with van der Waals surface area (Å²) < 4.78 is 9.56. The molecule has 0 unspecified atom stereocenters. The van der Waals surface area contributed by atoms with Crippen molar-refractivity contribution in [3.8, 4) is 5.69 Å². The molecule has 0 atom stereocenters. The number of rotatable bonds is 7. The van der Waals surface area contributed by atoms with Crippen LogP contribution >= 0.6 is 0 Å². The Balaban J connectivity index is 1.37. The summed E-state index contributed by atoms with van der Waals surface area (Å²) >= 11 is 0. The highest BCUT2D eigenvalue weighted by Gasteiger charge is 2.27. The molecule has 0 amide bonds. The van der Waals surface area contributed by atoms with Gasteiger partial charge in [0.2, 0.25) is 0 Å². The van der Waals surface area contributed by atoms with Gasteiger partial charge in [0.15, 0.2) is 5.58 Å². The fourth-order valence-corrected chi connectivity index (χ4v) is 7.77. The number of furan rings is 1. The van der Waals surface area contributed by atoms with Gasteiger partial charge in [0.05, 0.1) is 38.9 Å². The number of fused-ring (bicyclic) bond motifs is 6. The minimum absolute atomic E-state index is 0.815. The quantitative estimate of drug-likeness (QED) is 0.169. The number of hydrogen-bond acceptors (Lipinski definition) is 3. The normalized spacial score (nSPS) is 11.5. The maximum atomic E-state index is 7.15. The second-order valence-corrected chi connectivity index (χ2v) is 12.9. The van der Waals surface area contributed by atoms with Crippen LogP contribution in [-0.2, 0) is 0 Å². The van der Waals surface area contributed by atoms with Gasteiger partial charge < -0.3 is 18.8 Å². The summed E-state index contributed by atoms with van der Waals surface area (Å²) in [5, 5.41) is 4.52. The molecule has 8 aromatic carbocycles. The molecule has 10 aromatic rings. The van der Waals surface area contributed by atoms with E-state index in [0.717, 1.165) is 72.8 Å². The monoisotopic (exact) mass is 667 g/mol. The first-order chi connectivity index (χ1) is 25.8. The molecule has 0 aliphatic rings. The van der Waals surface area contributed by atoms with Crippen molar-refractivity contribution in [2.75, 3.05) is 9.80 Å². The van der Waals surface area contributed by atoms with Gasteiger partial charge in [0, 0.05) is 33.5 Å². The fraction of sp³-hybridized carbons (Fsp3) is 0. The van der Waals surface area contributed by atoms with Crippen LogP contribution in [-0.4, -0.2) is 4.57 Å². The standard InChI is InChI=1S/C48H33N3O/c1-5-18-34(19-6-1)49(35-20-7-2-8-21-35)42-30-17-31-45-46(42)47-43(51-40-28-15-13-26-38(40)39-27-14-16-29-41(39)51)32-33-44(48(47)52-45)50(36-22-9-3-10-23-36)37-24-11-4-12-25-37/h1-33H. The molecule has 0 spiro atoms. The molecular weight excluding hydrogens is 635 g/mol. The summed E-state index contributed by atoms with van der Waals surface area (Å²) in [7, 11) is 0. The molecule has 0 saturated carbocycles. The topological polar surface area (TPSA) is 24.6 Å². The van der Waals surface area contributed by atoms with Crippen molar-refractivity contribution < 1.29 is 4.42 Å². The second-order valence-electron chi connectivity index (χ2n) is 12.9. The molecule has 0 aliphatic heterocycles. The van der Waals surface area contributed by atoms with Crippen LogP contribution in [0.2, 0.25) is 0 Å². The van der Waals surface area contributed by atoms with Crippen LogP contribution in [0.4, 0.5) is 34.1 Å². The first-order valence-electron chi connectivity index (χ1n) is 17.6. The van der Waals surface area contributed by atoms with Crippen molar-refractivity contribution in [2.45, 2.75) is 0 Å².